The van der Waals surface area contributed by atoms with E-state index in [2.05, 4.69) is 15.2 Å². The third-order valence-corrected chi connectivity index (χ3v) is 7.00. The largest absolute Gasteiger partial charge is 0.493 e. The highest BCUT2D eigenvalue weighted by Gasteiger charge is 2.17. The molecular formula is C33H34ClN3O5. The van der Waals surface area contributed by atoms with Gasteiger partial charge in [0.2, 0.25) is 5.91 Å². The Hall–Kier alpha value is -4.27. The summed E-state index contributed by atoms with van der Waals surface area (Å²) in [5, 5.41) is 3.50. The number of amides is 1. The third-order valence-electron chi connectivity index (χ3n) is 6.76. The highest BCUT2D eigenvalue weighted by molar-refractivity contribution is 6.31. The first-order chi connectivity index (χ1) is 20.6. The van der Waals surface area contributed by atoms with Crippen molar-refractivity contribution in [1.82, 2.24) is 9.88 Å². The van der Waals surface area contributed by atoms with E-state index in [9.17, 15) is 4.79 Å². The van der Waals surface area contributed by atoms with E-state index < -0.39 is 0 Å². The van der Waals surface area contributed by atoms with Gasteiger partial charge in [0.1, 0.15) is 6.61 Å². The lowest BCUT2D eigenvalue weighted by atomic mass is 10.1. The summed E-state index contributed by atoms with van der Waals surface area (Å²) < 4.78 is 23.8. The standard InChI is InChI=1S/C33H34ClN3O5/c1-39-29-14-12-24(19-32(29)41-23-26-9-5-6-16-35-26)21-37-17-7-2-8-18-40-30-10-3-4-11-31(30)42-28-15-13-25(34)20-27(28)36-33(38)22-37/h3-6,9-16,19-20H,2,7-8,17-18,21-23H2,1H3,(H,36,38). The molecule has 0 radical (unpaired) electrons. The molecule has 4 aromatic rings. The molecule has 0 atom stereocenters. The Morgan fingerprint density at radius 2 is 1.79 bits per heavy atom. The normalized spacial score (nSPS) is 14.6. The maximum atomic E-state index is 13.3. The van der Waals surface area contributed by atoms with Gasteiger partial charge in [0.15, 0.2) is 28.7 Å². The molecule has 0 fully saturated rings. The molecule has 3 aromatic carbocycles. The number of carbonyl (C=O) groups is 1. The monoisotopic (exact) mass is 587 g/mol. The number of halogens is 1. The molecule has 2 heterocycles. The molecule has 8 nitrogen and oxygen atoms in total. The summed E-state index contributed by atoms with van der Waals surface area (Å²) in [6, 6.07) is 24.2. The van der Waals surface area contributed by atoms with Gasteiger partial charge in [0, 0.05) is 17.8 Å². The second-order valence-corrected chi connectivity index (χ2v) is 10.4. The number of anilines is 1. The van der Waals surface area contributed by atoms with Gasteiger partial charge in [-0.3, -0.25) is 14.7 Å². The predicted octanol–water partition coefficient (Wildman–Crippen LogP) is 7.12. The third kappa shape index (κ3) is 8.15. The Morgan fingerprint density at radius 3 is 2.62 bits per heavy atom. The lowest BCUT2D eigenvalue weighted by Gasteiger charge is -2.23. The number of aromatic nitrogens is 1. The number of hydrogen-bond donors (Lipinski definition) is 1. The zero-order chi connectivity index (χ0) is 29.1. The van der Waals surface area contributed by atoms with Gasteiger partial charge < -0.3 is 24.3 Å². The molecule has 218 valence electrons. The summed E-state index contributed by atoms with van der Waals surface area (Å²) in [6.07, 6.45) is 4.49. The first-order valence-electron chi connectivity index (χ1n) is 14.0. The fourth-order valence-electron chi connectivity index (χ4n) is 4.69. The van der Waals surface area contributed by atoms with E-state index >= 15 is 0 Å². The van der Waals surface area contributed by atoms with Gasteiger partial charge in [-0.1, -0.05) is 35.9 Å². The van der Waals surface area contributed by atoms with E-state index in [-0.39, 0.29) is 12.5 Å². The van der Waals surface area contributed by atoms with Crippen molar-refractivity contribution >= 4 is 23.2 Å². The lowest BCUT2D eigenvalue weighted by molar-refractivity contribution is -0.117. The van der Waals surface area contributed by atoms with Crippen LogP contribution in [0.15, 0.2) is 85.1 Å². The number of benzene rings is 3. The molecule has 1 aliphatic rings. The minimum Gasteiger partial charge on any atom is -0.493 e. The topological polar surface area (TPSA) is 82.2 Å². The number of pyridine rings is 1. The van der Waals surface area contributed by atoms with Crippen molar-refractivity contribution < 1.29 is 23.7 Å². The molecule has 0 spiro atoms. The maximum Gasteiger partial charge on any atom is 0.238 e. The quantitative estimate of drug-likeness (QED) is 0.257. The second kappa shape index (κ2) is 14.6. The molecule has 1 aromatic heterocycles. The summed E-state index contributed by atoms with van der Waals surface area (Å²) in [7, 11) is 1.62. The van der Waals surface area contributed by atoms with E-state index in [0.29, 0.717) is 59.2 Å². The second-order valence-electron chi connectivity index (χ2n) is 9.95. The average Bonchev–Trinajstić information content (AvgIpc) is 3.00. The number of carbonyl (C=O) groups excluding carboxylic acids is 1. The smallest absolute Gasteiger partial charge is 0.238 e. The Kier molecular flexibility index (Phi) is 10.1. The Bertz CT molecular complexity index is 1480. The van der Waals surface area contributed by atoms with Crippen molar-refractivity contribution in [3.05, 3.63) is 101 Å². The first kappa shape index (κ1) is 29.2. The van der Waals surface area contributed by atoms with Crippen LogP contribution < -0.4 is 24.3 Å². The lowest BCUT2D eigenvalue weighted by Crippen LogP contribution is -2.33. The average molecular weight is 588 g/mol. The van der Waals surface area contributed by atoms with Crippen LogP contribution in [-0.2, 0) is 17.9 Å². The number of fused-ring (bicyclic) bond motifs is 2. The van der Waals surface area contributed by atoms with Crippen LogP contribution in [-0.4, -0.2) is 42.6 Å². The Balaban J connectivity index is 1.33. The van der Waals surface area contributed by atoms with Crippen molar-refractivity contribution in [3.63, 3.8) is 0 Å². The number of hydrogen-bond acceptors (Lipinski definition) is 7. The van der Waals surface area contributed by atoms with Crippen molar-refractivity contribution in [2.75, 3.05) is 32.1 Å². The van der Waals surface area contributed by atoms with Crippen LogP contribution >= 0.6 is 11.6 Å². The number of rotatable bonds is 6. The molecule has 0 unspecified atom stereocenters. The highest BCUT2D eigenvalue weighted by Crippen LogP contribution is 2.37. The van der Waals surface area contributed by atoms with Crippen LogP contribution in [0.25, 0.3) is 0 Å². The minimum absolute atomic E-state index is 0.165. The molecule has 1 amide bonds. The molecule has 0 bridgehead atoms. The summed E-state index contributed by atoms with van der Waals surface area (Å²) in [5.74, 6) is 2.81. The summed E-state index contributed by atoms with van der Waals surface area (Å²) in [5.41, 5.74) is 2.32. The Labute approximate surface area is 251 Å². The van der Waals surface area contributed by atoms with Gasteiger partial charge in [-0.2, -0.15) is 0 Å². The van der Waals surface area contributed by atoms with E-state index in [4.69, 9.17) is 30.5 Å². The van der Waals surface area contributed by atoms with E-state index in [1.165, 1.54) is 0 Å². The van der Waals surface area contributed by atoms with E-state index in [1.807, 2.05) is 60.7 Å². The number of methoxy groups -OCH3 is 1. The molecule has 1 aliphatic heterocycles. The van der Waals surface area contributed by atoms with Crippen LogP contribution in [0.4, 0.5) is 5.69 Å². The molecule has 0 aliphatic carbocycles. The van der Waals surface area contributed by atoms with Gasteiger partial charge in [-0.05, 0) is 86.0 Å². The zero-order valence-electron chi connectivity index (χ0n) is 23.6. The number of para-hydroxylation sites is 2. The number of nitrogens with zero attached hydrogens (tertiary/aromatic N) is 2. The minimum atomic E-state index is -0.165. The van der Waals surface area contributed by atoms with Gasteiger partial charge >= 0.3 is 0 Å². The molecule has 42 heavy (non-hydrogen) atoms. The molecule has 9 heteroatoms. The van der Waals surface area contributed by atoms with Gasteiger partial charge in [0.05, 0.1) is 31.6 Å². The fourth-order valence-corrected chi connectivity index (χ4v) is 4.86. The van der Waals surface area contributed by atoms with Crippen LogP contribution in [0.5, 0.6) is 28.7 Å². The fraction of sp³-hybridized carbons (Fsp3) is 0.273. The van der Waals surface area contributed by atoms with E-state index in [1.54, 1.807) is 31.5 Å². The van der Waals surface area contributed by atoms with Crippen molar-refractivity contribution in [1.29, 1.82) is 0 Å². The van der Waals surface area contributed by atoms with Crippen molar-refractivity contribution in [2.24, 2.45) is 0 Å². The van der Waals surface area contributed by atoms with Crippen LogP contribution in [0, 0.1) is 0 Å². The first-order valence-corrected chi connectivity index (χ1v) is 14.4. The summed E-state index contributed by atoms with van der Waals surface area (Å²) in [4.78, 5) is 19.8. The summed E-state index contributed by atoms with van der Waals surface area (Å²) in [6.45, 7) is 2.37. The molecule has 1 N–H and O–H groups in total. The van der Waals surface area contributed by atoms with Crippen LogP contribution in [0.1, 0.15) is 30.5 Å². The SMILES string of the molecule is COc1ccc(CN2CCCCCOc3ccccc3Oc3ccc(Cl)cc3NC(=O)C2)cc1OCc1ccccn1. The molecule has 0 saturated heterocycles. The van der Waals surface area contributed by atoms with Crippen molar-refractivity contribution in [3.8, 4) is 28.7 Å². The van der Waals surface area contributed by atoms with Gasteiger partial charge in [0.25, 0.3) is 0 Å². The maximum absolute atomic E-state index is 13.3. The highest BCUT2D eigenvalue weighted by atomic mass is 35.5. The van der Waals surface area contributed by atoms with Gasteiger partial charge in [-0.25, -0.2) is 0 Å². The number of ether oxygens (including phenoxy) is 4. The van der Waals surface area contributed by atoms with Crippen LogP contribution in [0.3, 0.4) is 0 Å². The Morgan fingerprint density at radius 1 is 0.929 bits per heavy atom. The summed E-state index contributed by atoms with van der Waals surface area (Å²) >= 11 is 6.29. The number of nitrogens with one attached hydrogen (secondary N) is 1. The van der Waals surface area contributed by atoms with Crippen molar-refractivity contribution in [2.45, 2.75) is 32.4 Å². The molecule has 5 rings (SSSR count). The van der Waals surface area contributed by atoms with E-state index in [0.717, 1.165) is 37.1 Å². The van der Waals surface area contributed by atoms with Crippen LogP contribution in [0.2, 0.25) is 5.02 Å². The predicted molar refractivity (Wildman–Crippen MR) is 163 cm³/mol. The molecule has 0 saturated carbocycles. The zero-order valence-corrected chi connectivity index (χ0v) is 24.3. The van der Waals surface area contributed by atoms with Gasteiger partial charge in [-0.15, -0.1) is 0 Å². The molecular weight excluding hydrogens is 554 g/mol.